The molecule has 1 spiro atoms. The molecule has 2 aliphatic rings. The van der Waals surface area contributed by atoms with E-state index in [9.17, 15) is 0 Å². The zero-order valence-electron chi connectivity index (χ0n) is 15.2. The van der Waals surface area contributed by atoms with Crippen LogP contribution in [0.4, 0.5) is 5.69 Å². The van der Waals surface area contributed by atoms with Crippen LogP contribution in [0.15, 0.2) is 53.0 Å². The Balaban J connectivity index is 1.58. The summed E-state index contributed by atoms with van der Waals surface area (Å²) >= 11 is 3.54. The molecular weight excluding hydrogens is 392 g/mol. The molecule has 0 unspecified atom stereocenters. The highest BCUT2D eigenvalue weighted by molar-refractivity contribution is 9.10. The predicted molar refractivity (Wildman–Crippen MR) is 108 cm³/mol. The average molecular weight is 417 g/mol. The van der Waals surface area contributed by atoms with E-state index in [1.54, 1.807) is 7.11 Å². The fraction of sp³-hybridized carbons (Fsp3) is 0.429. The molecule has 0 atom stereocenters. The molecule has 0 aromatic heterocycles. The summed E-state index contributed by atoms with van der Waals surface area (Å²) in [6.07, 6.45) is 2.17. The van der Waals surface area contributed by atoms with E-state index in [-0.39, 0.29) is 5.54 Å². The Kier molecular flexibility index (Phi) is 5.20. The minimum atomic E-state index is 0.189. The maximum atomic E-state index is 5.68. The Bertz CT molecular complexity index is 744. The molecule has 2 aromatic rings. The zero-order chi connectivity index (χ0) is 18.0. The Morgan fingerprint density at radius 2 is 1.88 bits per heavy atom. The van der Waals surface area contributed by atoms with Crippen molar-refractivity contribution in [3.05, 3.63) is 58.6 Å². The van der Waals surface area contributed by atoms with Gasteiger partial charge in [-0.1, -0.05) is 28.1 Å². The molecule has 2 aliphatic heterocycles. The molecule has 0 aliphatic carbocycles. The van der Waals surface area contributed by atoms with Gasteiger partial charge in [0.15, 0.2) is 0 Å². The molecule has 2 fully saturated rings. The quantitative estimate of drug-likeness (QED) is 0.741. The summed E-state index contributed by atoms with van der Waals surface area (Å²) < 4.78 is 12.2. The van der Waals surface area contributed by atoms with Crippen molar-refractivity contribution in [3.63, 3.8) is 0 Å². The van der Waals surface area contributed by atoms with E-state index < -0.39 is 0 Å². The largest absolute Gasteiger partial charge is 0.497 e. The lowest BCUT2D eigenvalue weighted by molar-refractivity contribution is -0.00541. The van der Waals surface area contributed by atoms with Gasteiger partial charge in [0.25, 0.3) is 0 Å². The monoisotopic (exact) mass is 416 g/mol. The second-order valence-electron chi connectivity index (χ2n) is 7.20. The van der Waals surface area contributed by atoms with Crippen LogP contribution in [0.1, 0.15) is 18.4 Å². The summed E-state index contributed by atoms with van der Waals surface area (Å²) in [6.45, 7) is 4.64. The Morgan fingerprint density at radius 1 is 1.12 bits per heavy atom. The van der Waals surface area contributed by atoms with Crippen molar-refractivity contribution in [1.29, 1.82) is 0 Å². The third-order valence-electron chi connectivity index (χ3n) is 5.62. The molecule has 26 heavy (non-hydrogen) atoms. The van der Waals surface area contributed by atoms with E-state index >= 15 is 0 Å². The molecule has 0 amide bonds. The van der Waals surface area contributed by atoms with Gasteiger partial charge in [0.05, 0.1) is 13.8 Å². The molecule has 0 bridgehead atoms. The number of anilines is 1. The summed E-state index contributed by atoms with van der Waals surface area (Å²) in [4.78, 5) is 5.13. The molecule has 5 heteroatoms. The van der Waals surface area contributed by atoms with Crippen LogP contribution in [0.2, 0.25) is 0 Å². The van der Waals surface area contributed by atoms with Crippen molar-refractivity contribution < 1.29 is 9.47 Å². The van der Waals surface area contributed by atoms with Gasteiger partial charge in [-0.2, -0.15) is 0 Å². The first-order valence-corrected chi connectivity index (χ1v) is 9.94. The molecule has 2 heterocycles. The fourth-order valence-corrected chi connectivity index (χ4v) is 4.39. The van der Waals surface area contributed by atoms with Crippen LogP contribution < -0.4 is 9.64 Å². The first kappa shape index (κ1) is 17.8. The van der Waals surface area contributed by atoms with E-state index in [4.69, 9.17) is 9.47 Å². The lowest BCUT2D eigenvalue weighted by atomic mass is 9.89. The second-order valence-corrected chi connectivity index (χ2v) is 8.12. The number of benzene rings is 2. The SMILES string of the molecule is COc1cccc(CN2CN(c3ccc(Br)cc3)CC23CCOCC3)c1. The zero-order valence-corrected chi connectivity index (χ0v) is 16.7. The molecule has 4 nitrogen and oxygen atoms in total. The molecule has 4 rings (SSSR count). The summed E-state index contributed by atoms with van der Waals surface area (Å²) in [5.41, 5.74) is 2.77. The van der Waals surface area contributed by atoms with Gasteiger partial charge in [-0.05, 0) is 54.8 Å². The standard InChI is InChI=1S/C21H25BrN2O2/c1-25-20-4-2-3-17(13-20)14-24-16-23(19-7-5-18(22)6-8-19)15-21(24)9-11-26-12-10-21/h2-8,13H,9-12,14-16H2,1H3. The highest BCUT2D eigenvalue weighted by Gasteiger charge is 2.45. The van der Waals surface area contributed by atoms with Crippen LogP contribution in [0.5, 0.6) is 5.75 Å². The average Bonchev–Trinajstić information content (AvgIpc) is 3.00. The maximum Gasteiger partial charge on any atom is 0.119 e. The van der Waals surface area contributed by atoms with E-state index in [1.807, 2.05) is 6.07 Å². The van der Waals surface area contributed by atoms with Gasteiger partial charge < -0.3 is 14.4 Å². The molecule has 0 N–H and O–H groups in total. The lowest BCUT2D eigenvalue weighted by Crippen LogP contribution is -2.49. The second kappa shape index (κ2) is 7.59. The summed E-state index contributed by atoms with van der Waals surface area (Å²) in [7, 11) is 1.73. The first-order chi connectivity index (χ1) is 12.7. The van der Waals surface area contributed by atoms with Crippen molar-refractivity contribution >= 4 is 21.6 Å². The van der Waals surface area contributed by atoms with Gasteiger partial charge in [0.2, 0.25) is 0 Å². The first-order valence-electron chi connectivity index (χ1n) is 9.15. The summed E-state index contributed by atoms with van der Waals surface area (Å²) in [6, 6.07) is 17.1. The molecule has 2 saturated heterocycles. The third kappa shape index (κ3) is 3.61. The Morgan fingerprint density at radius 3 is 2.62 bits per heavy atom. The van der Waals surface area contributed by atoms with Gasteiger partial charge in [-0.3, -0.25) is 4.90 Å². The fourth-order valence-electron chi connectivity index (χ4n) is 4.12. The predicted octanol–water partition coefficient (Wildman–Crippen LogP) is 4.29. The Labute approximate surface area is 163 Å². The van der Waals surface area contributed by atoms with Gasteiger partial charge in [0, 0.05) is 42.0 Å². The molecule has 0 radical (unpaired) electrons. The molecule has 0 saturated carbocycles. The molecular formula is C21H25BrN2O2. The number of hydrogen-bond donors (Lipinski definition) is 0. The van der Waals surface area contributed by atoms with E-state index in [1.165, 1.54) is 11.3 Å². The summed E-state index contributed by atoms with van der Waals surface area (Å²) in [5, 5.41) is 0. The van der Waals surface area contributed by atoms with Gasteiger partial charge >= 0.3 is 0 Å². The molecule has 138 valence electrons. The van der Waals surface area contributed by atoms with Gasteiger partial charge in [0.1, 0.15) is 5.75 Å². The van der Waals surface area contributed by atoms with Crippen LogP contribution in [0.25, 0.3) is 0 Å². The minimum absolute atomic E-state index is 0.189. The van der Waals surface area contributed by atoms with Crippen molar-refractivity contribution in [1.82, 2.24) is 4.90 Å². The van der Waals surface area contributed by atoms with E-state index in [0.717, 1.165) is 56.0 Å². The van der Waals surface area contributed by atoms with Crippen LogP contribution in [0.3, 0.4) is 0 Å². The van der Waals surface area contributed by atoms with Crippen molar-refractivity contribution in [2.75, 3.05) is 38.4 Å². The Hall–Kier alpha value is -1.56. The third-order valence-corrected chi connectivity index (χ3v) is 6.15. The topological polar surface area (TPSA) is 24.9 Å². The maximum absolute atomic E-state index is 5.68. The van der Waals surface area contributed by atoms with Crippen molar-refractivity contribution in [2.24, 2.45) is 0 Å². The van der Waals surface area contributed by atoms with Crippen molar-refractivity contribution in [2.45, 2.75) is 24.9 Å². The number of hydrogen-bond acceptors (Lipinski definition) is 4. The lowest BCUT2D eigenvalue weighted by Gasteiger charge is -2.40. The minimum Gasteiger partial charge on any atom is -0.497 e. The number of ether oxygens (including phenoxy) is 2. The smallest absolute Gasteiger partial charge is 0.119 e. The number of rotatable bonds is 4. The van der Waals surface area contributed by atoms with E-state index in [2.05, 4.69) is 68.2 Å². The highest BCUT2D eigenvalue weighted by Crippen LogP contribution is 2.38. The normalized spacial score (nSPS) is 19.8. The van der Waals surface area contributed by atoms with Crippen LogP contribution in [-0.2, 0) is 11.3 Å². The number of methoxy groups -OCH3 is 1. The summed E-state index contributed by atoms with van der Waals surface area (Å²) in [5.74, 6) is 0.924. The van der Waals surface area contributed by atoms with Crippen LogP contribution in [-0.4, -0.2) is 44.0 Å². The van der Waals surface area contributed by atoms with Crippen molar-refractivity contribution in [3.8, 4) is 5.75 Å². The van der Waals surface area contributed by atoms with Gasteiger partial charge in [-0.25, -0.2) is 0 Å². The molecule has 2 aromatic carbocycles. The van der Waals surface area contributed by atoms with Crippen LogP contribution in [0, 0.1) is 0 Å². The number of nitrogens with zero attached hydrogens (tertiary/aromatic N) is 2. The van der Waals surface area contributed by atoms with E-state index in [0.29, 0.717) is 0 Å². The highest BCUT2D eigenvalue weighted by atomic mass is 79.9. The van der Waals surface area contributed by atoms with Crippen LogP contribution >= 0.6 is 15.9 Å². The number of halogens is 1. The van der Waals surface area contributed by atoms with Gasteiger partial charge in [-0.15, -0.1) is 0 Å².